The number of thioether (sulfide) groups is 1. The first kappa shape index (κ1) is 25.7. The highest BCUT2D eigenvalue weighted by atomic mass is 32.2. The SMILES string of the molecule is CSCCC(NC(=O)COc1ccccc1)C(=O)Nc1ccc(C)c(S(=O)(=O)N(C)C)c1. The van der Waals surface area contributed by atoms with Crippen LogP contribution >= 0.6 is 11.8 Å². The van der Waals surface area contributed by atoms with Crippen LogP contribution in [0.15, 0.2) is 53.4 Å². The van der Waals surface area contributed by atoms with Gasteiger partial charge in [0.1, 0.15) is 11.8 Å². The van der Waals surface area contributed by atoms with Crippen LogP contribution in [0.25, 0.3) is 0 Å². The van der Waals surface area contributed by atoms with Gasteiger partial charge in [0, 0.05) is 19.8 Å². The second-order valence-electron chi connectivity index (χ2n) is 7.26. The van der Waals surface area contributed by atoms with E-state index in [1.54, 1.807) is 55.1 Å². The molecule has 0 aromatic heterocycles. The van der Waals surface area contributed by atoms with Gasteiger partial charge >= 0.3 is 0 Å². The number of benzene rings is 2. The van der Waals surface area contributed by atoms with Gasteiger partial charge in [0.25, 0.3) is 5.91 Å². The summed E-state index contributed by atoms with van der Waals surface area (Å²) in [5, 5.41) is 5.42. The summed E-state index contributed by atoms with van der Waals surface area (Å²) in [7, 11) is -0.761. The van der Waals surface area contributed by atoms with Gasteiger partial charge < -0.3 is 15.4 Å². The molecule has 0 aliphatic heterocycles. The van der Waals surface area contributed by atoms with Crippen LogP contribution < -0.4 is 15.4 Å². The van der Waals surface area contributed by atoms with Gasteiger partial charge in [0.05, 0.1) is 4.90 Å². The van der Waals surface area contributed by atoms with E-state index in [2.05, 4.69) is 10.6 Å². The molecule has 10 heteroatoms. The molecular formula is C22H29N3O5S2. The minimum Gasteiger partial charge on any atom is -0.484 e. The lowest BCUT2D eigenvalue weighted by atomic mass is 10.2. The third-order valence-corrected chi connectivity index (χ3v) is 7.19. The van der Waals surface area contributed by atoms with Crippen molar-refractivity contribution in [3.8, 4) is 5.75 Å². The normalized spacial score (nSPS) is 12.3. The summed E-state index contributed by atoms with van der Waals surface area (Å²) < 4.78 is 31.6. The average Bonchev–Trinajstić information content (AvgIpc) is 2.76. The number of ether oxygens (including phenoxy) is 1. The van der Waals surface area contributed by atoms with Gasteiger partial charge in [-0.2, -0.15) is 11.8 Å². The molecule has 2 rings (SSSR count). The minimum atomic E-state index is -3.66. The van der Waals surface area contributed by atoms with Crippen LogP contribution in [-0.4, -0.2) is 63.3 Å². The molecule has 1 atom stereocenters. The predicted molar refractivity (Wildman–Crippen MR) is 128 cm³/mol. The quantitative estimate of drug-likeness (QED) is 0.513. The van der Waals surface area contributed by atoms with Gasteiger partial charge in [-0.15, -0.1) is 0 Å². The molecule has 1 unspecified atom stereocenters. The molecule has 0 aliphatic rings. The number of nitrogens with zero attached hydrogens (tertiary/aromatic N) is 1. The summed E-state index contributed by atoms with van der Waals surface area (Å²) in [5.41, 5.74) is 0.909. The molecule has 8 nitrogen and oxygen atoms in total. The van der Waals surface area contributed by atoms with Gasteiger partial charge in [0.15, 0.2) is 6.61 Å². The van der Waals surface area contributed by atoms with E-state index in [9.17, 15) is 18.0 Å². The smallest absolute Gasteiger partial charge is 0.258 e. The number of rotatable bonds is 11. The number of sulfonamides is 1. The lowest BCUT2D eigenvalue weighted by Gasteiger charge is -2.19. The van der Waals surface area contributed by atoms with Crippen molar-refractivity contribution in [3.63, 3.8) is 0 Å². The first-order valence-electron chi connectivity index (χ1n) is 9.95. The highest BCUT2D eigenvalue weighted by molar-refractivity contribution is 7.98. The average molecular weight is 480 g/mol. The summed E-state index contributed by atoms with van der Waals surface area (Å²) in [6.07, 6.45) is 2.33. The first-order valence-corrected chi connectivity index (χ1v) is 12.8. The number of nitrogens with one attached hydrogen (secondary N) is 2. The van der Waals surface area contributed by atoms with Crippen LogP contribution in [0.5, 0.6) is 5.75 Å². The Morgan fingerprint density at radius 3 is 2.44 bits per heavy atom. The summed E-state index contributed by atoms with van der Waals surface area (Å²) in [6.45, 7) is 1.47. The zero-order chi connectivity index (χ0) is 23.7. The maximum absolute atomic E-state index is 12.9. The fourth-order valence-electron chi connectivity index (χ4n) is 2.79. The van der Waals surface area contributed by atoms with Crippen molar-refractivity contribution >= 4 is 39.3 Å². The first-order chi connectivity index (χ1) is 15.1. The lowest BCUT2D eigenvalue weighted by Crippen LogP contribution is -2.45. The van der Waals surface area contributed by atoms with Crippen molar-refractivity contribution in [2.24, 2.45) is 0 Å². The maximum atomic E-state index is 12.9. The number of anilines is 1. The van der Waals surface area contributed by atoms with Crippen molar-refractivity contribution in [1.29, 1.82) is 0 Å². The van der Waals surface area contributed by atoms with Gasteiger partial charge in [0.2, 0.25) is 15.9 Å². The van der Waals surface area contributed by atoms with E-state index in [1.165, 1.54) is 20.2 Å². The third-order valence-electron chi connectivity index (χ3n) is 4.59. The van der Waals surface area contributed by atoms with Crippen LogP contribution in [0.4, 0.5) is 5.69 Å². The summed E-state index contributed by atoms with van der Waals surface area (Å²) in [5.74, 6) is 0.368. The topological polar surface area (TPSA) is 105 Å². The van der Waals surface area contributed by atoms with E-state index >= 15 is 0 Å². The molecule has 0 radical (unpaired) electrons. The number of hydrogen-bond donors (Lipinski definition) is 2. The van der Waals surface area contributed by atoms with Crippen molar-refractivity contribution < 1.29 is 22.7 Å². The molecule has 0 fully saturated rings. The molecule has 2 amide bonds. The Labute approximate surface area is 193 Å². The zero-order valence-electron chi connectivity index (χ0n) is 18.6. The number of aryl methyl sites for hydroxylation is 1. The van der Waals surface area contributed by atoms with E-state index in [4.69, 9.17) is 4.74 Å². The van der Waals surface area contributed by atoms with Crippen molar-refractivity contribution in [1.82, 2.24) is 9.62 Å². The van der Waals surface area contributed by atoms with Gasteiger partial charge in [-0.1, -0.05) is 24.3 Å². The molecule has 0 aliphatic carbocycles. The summed E-state index contributed by atoms with van der Waals surface area (Å²) in [6, 6.07) is 12.8. The van der Waals surface area contributed by atoms with E-state index in [0.29, 0.717) is 29.2 Å². The van der Waals surface area contributed by atoms with E-state index in [1.807, 2.05) is 12.3 Å². The highest BCUT2D eigenvalue weighted by Crippen LogP contribution is 2.22. The largest absolute Gasteiger partial charge is 0.484 e. The molecule has 174 valence electrons. The standard InChI is InChI=1S/C22H29N3O5S2/c1-16-10-11-17(14-20(16)32(28,29)25(2)3)23-22(27)19(12-13-31-4)24-21(26)15-30-18-8-6-5-7-9-18/h5-11,14,19H,12-13,15H2,1-4H3,(H,23,27)(H,24,26). The summed E-state index contributed by atoms with van der Waals surface area (Å²) in [4.78, 5) is 25.3. The Kier molecular flexibility index (Phi) is 9.55. The minimum absolute atomic E-state index is 0.112. The highest BCUT2D eigenvalue weighted by Gasteiger charge is 2.23. The molecule has 0 bridgehead atoms. The number of hydrogen-bond acceptors (Lipinski definition) is 6. The molecular weight excluding hydrogens is 450 g/mol. The second kappa shape index (κ2) is 11.9. The summed E-state index contributed by atoms with van der Waals surface area (Å²) >= 11 is 1.55. The fourth-order valence-corrected chi connectivity index (χ4v) is 4.40. The molecule has 32 heavy (non-hydrogen) atoms. The van der Waals surface area contributed by atoms with Gasteiger partial charge in [-0.05, 0) is 55.2 Å². The maximum Gasteiger partial charge on any atom is 0.258 e. The third kappa shape index (κ3) is 7.25. The predicted octanol–water partition coefficient (Wildman–Crippen LogP) is 2.50. The van der Waals surface area contributed by atoms with Gasteiger partial charge in [-0.3, -0.25) is 9.59 Å². The Bertz CT molecular complexity index is 1030. The lowest BCUT2D eigenvalue weighted by molar-refractivity contribution is -0.127. The molecule has 0 heterocycles. The Hall–Kier alpha value is -2.56. The van der Waals surface area contributed by atoms with Crippen LogP contribution in [-0.2, 0) is 19.6 Å². The van der Waals surface area contributed by atoms with Gasteiger partial charge in [-0.25, -0.2) is 12.7 Å². The van der Waals surface area contributed by atoms with Crippen molar-refractivity contribution in [3.05, 3.63) is 54.1 Å². The van der Waals surface area contributed by atoms with Crippen molar-refractivity contribution in [2.75, 3.05) is 38.0 Å². The molecule has 2 aromatic carbocycles. The monoisotopic (exact) mass is 479 g/mol. The van der Waals surface area contributed by atoms with Crippen molar-refractivity contribution in [2.45, 2.75) is 24.3 Å². The molecule has 0 saturated heterocycles. The number of carbonyl (C=O) groups excluding carboxylic acids is 2. The van der Waals surface area contributed by atoms with Crippen LogP contribution in [0.3, 0.4) is 0 Å². The molecule has 0 saturated carbocycles. The second-order valence-corrected chi connectivity index (χ2v) is 10.4. The fraction of sp³-hybridized carbons (Fsp3) is 0.364. The number of para-hydroxylation sites is 1. The Balaban J connectivity index is 2.09. The Morgan fingerprint density at radius 1 is 1.12 bits per heavy atom. The zero-order valence-corrected chi connectivity index (χ0v) is 20.3. The number of amides is 2. The van der Waals surface area contributed by atoms with Crippen LogP contribution in [0.1, 0.15) is 12.0 Å². The molecule has 2 aromatic rings. The van der Waals surface area contributed by atoms with E-state index in [0.717, 1.165) is 4.31 Å². The van der Waals surface area contributed by atoms with Crippen LogP contribution in [0.2, 0.25) is 0 Å². The molecule has 2 N–H and O–H groups in total. The molecule has 0 spiro atoms. The van der Waals surface area contributed by atoms with Crippen LogP contribution in [0, 0.1) is 6.92 Å². The number of carbonyl (C=O) groups is 2. The van der Waals surface area contributed by atoms with E-state index in [-0.39, 0.29) is 11.5 Å². The Morgan fingerprint density at radius 2 is 1.81 bits per heavy atom. The van der Waals surface area contributed by atoms with E-state index < -0.39 is 27.9 Å².